The van der Waals surface area contributed by atoms with Crippen LogP contribution in [0.4, 0.5) is 5.69 Å². The number of amides is 1. The van der Waals surface area contributed by atoms with Gasteiger partial charge in [0.15, 0.2) is 10.9 Å². The van der Waals surface area contributed by atoms with E-state index in [9.17, 15) is 4.79 Å². The Morgan fingerprint density at radius 3 is 2.33 bits per heavy atom. The zero-order valence-electron chi connectivity index (χ0n) is 14.4. The second-order valence-corrected chi connectivity index (χ2v) is 6.99. The van der Waals surface area contributed by atoms with Crippen molar-refractivity contribution < 1.29 is 9.53 Å². The van der Waals surface area contributed by atoms with Gasteiger partial charge in [-0.15, -0.1) is 0 Å². The maximum absolute atomic E-state index is 12.3. The number of nitrogens with one attached hydrogen (secondary N) is 2. The topological polar surface area (TPSA) is 63.2 Å². The normalized spacial score (nSPS) is 10.1. The Hall–Kier alpha value is -2.52. The first-order valence-electron chi connectivity index (χ1n) is 8.05. The molecule has 2 aromatic carbocycles. The third-order valence-electron chi connectivity index (χ3n) is 3.75. The molecule has 7 heteroatoms. The molecule has 3 rings (SSSR count). The standard InChI is InChI=1S/C20H16IN3O2S/c1-26-15-12-22-17(13-8-4-2-5-9-13)16(21)18(15)23-20(27)24-19(25)14-10-6-3-7-11-14/h2-12H,1H3,(H2,22,23,24,25,27). The number of methoxy groups -OCH3 is 1. The lowest BCUT2D eigenvalue weighted by molar-refractivity contribution is 0.0977. The molecule has 0 saturated carbocycles. The van der Waals surface area contributed by atoms with E-state index in [1.807, 2.05) is 36.4 Å². The molecular weight excluding hydrogens is 473 g/mol. The third kappa shape index (κ3) is 4.61. The molecule has 1 aromatic heterocycles. The summed E-state index contributed by atoms with van der Waals surface area (Å²) in [5, 5.41) is 5.94. The van der Waals surface area contributed by atoms with Crippen molar-refractivity contribution in [3.05, 3.63) is 76.0 Å². The van der Waals surface area contributed by atoms with Gasteiger partial charge in [-0.25, -0.2) is 0 Å². The van der Waals surface area contributed by atoms with Crippen LogP contribution >= 0.6 is 34.8 Å². The van der Waals surface area contributed by atoms with Crippen LogP contribution in [-0.4, -0.2) is 23.1 Å². The highest BCUT2D eigenvalue weighted by molar-refractivity contribution is 14.1. The Bertz CT molecular complexity index is 966. The quantitative estimate of drug-likeness (QED) is 0.418. The molecule has 27 heavy (non-hydrogen) atoms. The fraction of sp³-hybridized carbons (Fsp3) is 0.0500. The molecule has 0 radical (unpaired) electrons. The van der Waals surface area contributed by atoms with Crippen LogP contribution in [0, 0.1) is 3.57 Å². The summed E-state index contributed by atoms with van der Waals surface area (Å²) in [6.07, 6.45) is 1.63. The van der Waals surface area contributed by atoms with Crippen LogP contribution in [0.1, 0.15) is 10.4 Å². The number of thiocarbonyl (C=S) groups is 1. The molecule has 1 amide bonds. The summed E-state index contributed by atoms with van der Waals surface area (Å²) in [7, 11) is 1.56. The minimum absolute atomic E-state index is 0.185. The molecule has 0 spiro atoms. The van der Waals surface area contributed by atoms with Gasteiger partial charge in [-0.3, -0.25) is 15.1 Å². The van der Waals surface area contributed by atoms with E-state index in [1.165, 1.54) is 0 Å². The van der Waals surface area contributed by atoms with E-state index >= 15 is 0 Å². The van der Waals surface area contributed by atoms with E-state index in [1.54, 1.807) is 37.6 Å². The van der Waals surface area contributed by atoms with E-state index in [2.05, 4.69) is 38.2 Å². The van der Waals surface area contributed by atoms with Gasteiger partial charge < -0.3 is 10.1 Å². The van der Waals surface area contributed by atoms with Crippen molar-refractivity contribution in [3.8, 4) is 17.0 Å². The number of hydrogen-bond acceptors (Lipinski definition) is 4. The Labute approximate surface area is 176 Å². The van der Waals surface area contributed by atoms with Crippen LogP contribution in [0.2, 0.25) is 0 Å². The van der Waals surface area contributed by atoms with Gasteiger partial charge in [-0.05, 0) is 46.9 Å². The largest absolute Gasteiger partial charge is 0.493 e. The molecule has 0 unspecified atom stereocenters. The molecule has 0 fully saturated rings. The number of rotatable bonds is 4. The van der Waals surface area contributed by atoms with E-state index in [4.69, 9.17) is 17.0 Å². The minimum atomic E-state index is -0.278. The molecule has 2 N–H and O–H groups in total. The summed E-state index contributed by atoms with van der Waals surface area (Å²) in [4.78, 5) is 16.8. The number of aromatic nitrogens is 1. The summed E-state index contributed by atoms with van der Waals surface area (Å²) in [6.45, 7) is 0. The van der Waals surface area contributed by atoms with Gasteiger partial charge in [0.05, 0.1) is 22.6 Å². The van der Waals surface area contributed by atoms with Crippen LogP contribution in [-0.2, 0) is 0 Å². The first-order valence-corrected chi connectivity index (χ1v) is 9.54. The third-order valence-corrected chi connectivity index (χ3v) is 5.01. The summed E-state index contributed by atoms with van der Waals surface area (Å²) in [5.74, 6) is 0.259. The molecule has 136 valence electrons. The Morgan fingerprint density at radius 2 is 1.70 bits per heavy atom. The van der Waals surface area contributed by atoms with Gasteiger partial charge >= 0.3 is 0 Å². The van der Waals surface area contributed by atoms with Crippen molar-refractivity contribution in [2.24, 2.45) is 0 Å². The lowest BCUT2D eigenvalue weighted by Crippen LogP contribution is -2.34. The Kier molecular flexibility index (Phi) is 6.36. The fourth-order valence-corrected chi connectivity index (χ4v) is 3.50. The maximum Gasteiger partial charge on any atom is 0.257 e. The van der Waals surface area contributed by atoms with Gasteiger partial charge in [0.25, 0.3) is 5.91 Å². The number of hydrogen-bond donors (Lipinski definition) is 2. The molecule has 5 nitrogen and oxygen atoms in total. The van der Waals surface area contributed by atoms with Crippen molar-refractivity contribution in [2.45, 2.75) is 0 Å². The van der Waals surface area contributed by atoms with Crippen molar-refractivity contribution in [1.29, 1.82) is 0 Å². The number of carbonyl (C=O) groups excluding carboxylic acids is 1. The second kappa shape index (κ2) is 8.92. The van der Waals surface area contributed by atoms with Gasteiger partial charge in [0.2, 0.25) is 0 Å². The number of carbonyl (C=O) groups is 1. The Morgan fingerprint density at radius 1 is 1.07 bits per heavy atom. The van der Waals surface area contributed by atoms with Gasteiger partial charge in [0, 0.05) is 11.1 Å². The van der Waals surface area contributed by atoms with E-state index in [0.29, 0.717) is 17.0 Å². The molecule has 0 saturated heterocycles. The molecular formula is C20H16IN3O2S. The predicted octanol–water partition coefficient (Wildman–Crippen LogP) is 4.49. The highest BCUT2D eigenvalue weighted by Crippen LogP contribution is 2.35. The van der Waals surface area contributed by atoms with Gasteiger partial charge in [-0.1, -0.05) is 48.5 Å². The highest BCUT2D eigenvalue weighted by atomic mass is 127. The van der Waals surface area contributed by atoms with E-state index in [0.717, 1.165) is 14.8 Å². The van der Waals surface area contributed by atoms with E-state index < -0.39 is 0 Å². The number of pyridine rings is 1. The summed E-state index contributed by atoms with van der Waals surface area (Å²) < 4.78 is 6.25. The van der Waals surface area contributed by atoms with Gasteiger partial charge in [0.1, 0.15) is 5.69 Å². The van der Waals surface area contributed by atoms with Crippen molar-refractivity contribution in [1.82, 2.24) is 10.3 Å². The molecule has 0 aliphatic heterocycles. The number of halogens is 1. The molecule has 3 aromatic rings. The number of anilines is 1. The molecule has 0 aliphatic rings. The summed E-state index contributed by atoms with van der Waals surface area (Å²) in [6, 6.07) is 18.7. The monoisotopic (exact) mass is 489 g/mol. The van der Waals surface area contributed by atoms with Crippen LogP contribution in [0.5, 0.6) is 5.75 Å². The van der Waals surface area contributed by atoms with Crippen LogP contribution in [0.25, 0.3) is 11.3 Å². The van der Waals surface area contributed by atoms with Crippen LogP contribution in [0.15, 0.2) is 66.9 Å². The SMILES string of the molecule is COc1cnc(-c2ccccc2)c(I)c1NC(=S)NC(=O)c1ccccc1. The van der Waals surface area contributed by atoms with Crippen molar-refractivity contribution in [2.75, 3.05) is 12.4 Å². The zero-order valence-corrected chi connectivity index (χ0v) is 17.4. The second-order valence-electron chi connectivity index (χ2n) is 5.50. The number of nitrogens with zero attached hydrogens (tertiary/aromatic N) is 1. The highest BCUT2D eigenvalue weighted by Gasteiger charge is 2.17. The molecule has 0 bridgehead atoms. The average molecular weight is 489 g/mol. The van der Waals surface area contributed by atoms with Crippen LogP contribution in [0.3, 0.4) is 0 Å². The summed E-state index contributed by atoms with van der Waals surface area (Å²) >= 11 is 7.51. The van der Waals surface area contributed by atoms with E-state index in [-0.39, 0.29) is 11.0 Å². The predicted molar refractivity (Wildman–Crippen MR) is 119 cm³/mol. The van der Waals surface area contributed by atoms with Gasteiger partial charge in [-0.2, -0.15) is 0 Å². The molecule has 0 atom stereocenters. The summed E-state index contributed by atoms with van der Waals surface area (Å²) in [5.41, 5.74) is 2.97. The average Bonchev–Trinajstić information content (AvgIpc) is 2.70. The molecule has 1 heterocycles. The fourth-order valence-electron chi connectivity index (χ4n) is 2.45. The Balaban J connectivity index is 1.85. The zero-order chi connectivity index (χ0) is 19.2. The number of ether oxygens (including phenoxy) is 1. The molecule has 0 aliphatic carbocycles. The van der Waals surface area contributed by atoms with Crippen LogP contribution < -0.4 is 15.4 Å². The first-order chi connectivity index (χ1) is 13.1. The van der Waals surface area contributed by atoms with Crippen molar-refractivity contribution in [3.63, 3.8) is 0 Å². The lowest BCUT2D eigenvalue weighted by Gasteiger charge is -2.16. The lowest BCUT2D eigenvalue weighted by atomic mass is 10.1. The minimum Gasteiger partial charge on any atom is -0.493 e. The smallest absolute Gasteiger partial charge is 0.257 e. The number of benzene rings is 2. The maximum atomic E-state index is 12.3. The van der Waals surface area contributed by atoms with Crippen molar-refractivity contribution >= 4 is 51.5 Å². The first kappa shape index (κ1) is 19.2.